The third-order valence-electron chi connectivity index (χ3n) is 4.15. The summed E-state index contributed by atoms with van der Waals surface area (Å²) in [4.78, 5) is 12.8. The summed E-state index contributed by atoms with van der Waals surface area (Å²) in [5.74, 6) is -0.201. The fourth-order valence-electron chi connectivity index (χ4n) is 2.76. The average Bonchev–Trinajstić information content (AvgIpc) is 3.36. The van der Waals surface area contributed by atoms with Gasteiger partial charge in [0.15, 0.2) is 5.82 Å². The lowest BCUT2D eigenvalue weighted by molar-refractivity contribution is 0.102. The summed E-state index contributed by atoms with van der Waals surface area (Å²) < 4.78 is 1.49. The number of carbonyl (C=O) groups excluding carboxylic acids is 1. The fourth-order valence-corrected chi connectivity index (χ4v) is 3.27. The molecule has 0 aliphatic rings. The van der Waals surface area contributed by atoms with Crippen LogP contribution in [0.4, 0.5) is 5.82 Å². The largest absolute Gasteiger partial charge is 0.304 e. The van der Waals surface area contributed by atoms with Gasteiger partial charge in [-0.05, 0) is 36.4 Å². The molecule has 9 heteroatoms. The van der Waals surface area contributed by atoms with Gasteiger partial charge in [0.1, 0.15) is 17.3 Å². The van der Waals surface area contributed by atoms with Gasteiger partial charge in [-0.25, -0.2) is 4.68 Å². The van der Waals surface area contributed by atoms with Gasteiger partial charge < -0.3 is 5.32 Å². The highest BCUT2D eigenvalue weighted by atomic mass is 35.5. The van der Waals surface area contributed by atoms with Crippen molar-refractivity contribution in [2.24, 2.45) is 0 Å². The number of nitrogens with one attached hydrogen (secondary N) is 2. The summed E-state index contributed by atoms with van der Waals surface area (Å²) in [7, 11) is 0. The SMILES string of the molecule is N#Cc1cnn(-c2ccccc2)c1NC(=O)c1cc(-c2ccc(Cl)cc2Cl)n[nH]1. The molecule has 7 nitrogen and oxygen atoms in total. The first kappa shape index (κ1) is 18.7. The molecule has 0 aliphatic heterocycles. The van der Waals surface area contributed by atoms with Gasteiger partial charge in [-0.2, -0.15) is 15.5 Å². The molecule has 0 saturated heterocycles. The van der Waals surface area contributed by atoms with E-state index in [1.54, 1.807) is 24.3 Å². The highest BCUT2D eigenvalue weighted by molar-refractivity contribution is 6.36. The highest BCUT2D eigenvalue weighted by Gasteiger charge is 2.18. The van der Waals surface area contributed by atoms with Crippen LogP contribution in [0, 0.1) is 11.3 Å². The van der Waals surface area contributed by atoms with Crippen molar-refractivity contribution in [3.8, 4) is 23.0 Å². The second-order valence-electron chi connectivity index (χ2n) is 6.01. The number of anilines is 1. The van der Waals surface area contributed by atoms with E-state index in [9.17, 15) is 10.1 Å². The number of halogens is 2. The van der Waals surface area contributed by atoms with Gasteiger partial charge in [0.2, 0.25) is 0 Å². The van der Waals surface area contributed by atoms with Gasteiger partial charge in [0.05, 0.1) is 22.6 Å². The van der Waals surface area contributed by atoms with Crippen LogP contribution in [0.1, 0.15) is 16.1 Å². The molecule has 0 radical (unpaired) electrons. The zero-order chi connectivity index (χ0) is 20.4. The molecule has 0 fully saturated rings. The first-order valence-electron chi connectivity index (χ1n) is 8.42. The molecule has 0 aliphatic carbocycles. The molecule has 0 unspecified atom stereocenters. The number of nitrogens with zero attached hydrogens (tertiary/aromatic N) is 4. The topological polar surface area (TPSA) is 99.4 Å². The molecule has 1 amide bonds. The Morgan fingerprint density at radius 1 is 1.14 bits per heavy atom. The quantitative estimate of drug-likeness (QED) is 0.497. The number of aromatic nitrogens is 4. The summed E-state index contributed by atoms with van der Waals surface area (Å²) >= 11 is 12.1. The molecule has 0 saturated carbocycles. The van der Waals surface area contributed by atoms with Crippen molar-refractivity contribution >= 4 is 34.9 Å². The third-order valence-corrected chi connectivity index (χ3v) is 4.70. The van der Waals surface area contributed by atoms with E-state index in [1.165, 1.54) is 10.9 Å². The Labute approximate surface area is 175 Å². The summed E-state index contributed by atoms with van der Waals surface area (Å²) in [5.41, 5.74) is 2.29. The van der Waals surface area contributed by atoms with Gasteiger partial charge in [-0.15, -0.1) is 0 Å². The van der Waals surface area contributed by atoms with Gasteiger partial charge in [0, 0.05) is 10.6 Å². The number of nitriles is 1. The van der Waals surface area contributed by atoms with Crippen LogP contribution in [0.2, 0.25) is 10.0 Å². The lowest BCUT2D eigenvalue weighted by Crippen LogP contribution is -2.16. The van der Waals surface area contributed by atoms with E-state index in [2.05, 4.69) is 20.6 Å². The molecule has 2 heterocycles. The number of para-hydroxylation sites is 1. The summed E-state index contributed by atoms with van der Waals surface area (Å²) in [6.07, 6.45) is 1.40. The van der Waals surface area contributed by atoms with Crippen LogP contribution in [-0.4, -0.2) is 25.9 Å². The van der Waals surface area contributed by atoms with Gasteiger partial charge >= 0.3 is 0 Å². The predicted octanol–water partition coefficient (Wildman–Crippen LogP) is 4.69. The van der Waals surface area contributed by atoms with Crippen molar-refractivity contribution in [3.05, 3.63) is 82.1 Å². The summed E-state index contributed by atoms with van der Waals surface area (Å²) in [6.45, 7) is 0. The minimum atomic E-state index is -0.469. The fraction of sp³-hybridized carbons (Fsp3) is 0. The first-order chi connectivity index (χ1) is 14.1. The molecule has 0 bridgehead atoms. The van der Waals surface area contributed by atoms with E-state index in [0.717, 1.165) is 0 Å². The Kier molecular flexibility index (Phi) is 5.04. The minimum Gasteiger partial charge on any atom is -0.304 e. The molecule has 4 aromatic rings. The molecule has 0 atom stereocenters. The first-order valence-corrected chi connectivity index (χ1v) is 9.18. The van der Waals surface area contributed by atoms with Crippen LogP contribution in [0.25, 0.3) is 16.9 Å². The van der Waals surface area contributed by atoms with Gasteiger partial charge in [-0.3, -0.25) is 9.89 Å². The maximum atomic E-state index is 12.8. The number of benzene rings is 2. The molecule has 0 spiro atoms. The third kappa shape index (κ3) is 3.72. The molecule has 2 aromatic carbocycles. The van der Waals surface area contributed by atoms with Crippen LogP contribution in [-0.2, 0) is 0 Å². The molecule has 4 rings (SSSR count). The molecule has 142 valence electrons. The van der Waals surface area contributed by atoms with Crippen molar-refractivity contribution in [1.82, 2.24) is 20.0 Å². The molecular formula is C20H12Cl2N6O. The summed E-state index contributed by atoms with van der Waals surface area (Å²) in [5, 5.41) is 24.1. The highest BCUT2D eigenvalue weighted by Crippen LogP contribution is 2.29. The number of hydrogen-bond donors (Lipinski definition) is 2. The number of carbonyl (C=O) groups is 1. The predicted molar refractivity (Wildman–Crippen MR) is 110 cm³/mol. The monoisotopic (exact) mass is 422 g/mol. The van der Waals surface area contributed by atoms with Crippen LogP contribution < -0.4 is 5.32 Å². The Morgan fingerprint density at radius 2 is 1.93 bits per heavy atom. The second-order valence-corrected chi connectivity index (χ2v) is 6.85. The number of H-pyrrole nitrogens is 1. The Balaban J connectivity index is 1.64. The van der Waals surface area contributed by atoms with E-state index in [0.29, 0.717) is 27.0 Å². The van der Waals surface area contributed by atoms with Crippen molar-refractivity contribution in [2.75, 3.05) is 5.32 Å². The second kappa shape index (κ2) is 7.80. The minimum absolute atomic E-state index is 0.204. The number of aromatic amines is 1. The lowest BCUT2D eigenvalue weighted by Gasteiger charge is -2.08. The Bertz CT molecular complexity index is 1240. The van der Waals surface area contributed by atoms with Crippen molar-refractivity contribution in [2.45, 2.75) is 0 Å². The average molecular weight is 423 g/mol. The van der Waals surface area contributed by atoms with Crippen molar-refractivity contribution in [3.63, 3.8) is 0 Å². The summed E-state index contributed by atoms with van der Waals surface area (Å²) in [6, 6.07) is 17.8. The Hall–Kier alpha value is -3.60. The van der Waals surface area contributed by atoms with Crippen LogP contribution in [0.3, 0.4) is 0 Å². The van der Waals surface area contributed by atoms with Gasteiger partial charge in [-0.1, -0.05) is 41.4 Å². The number of hydrogen-bond acceptors (Lipinski definition) is 4. The van der Waals surface area contributed by atoms with Crippen LogP contribution >= 0.6 is 23.2 Å². The van der Waals surface area contributed by atoms with E-state index in [4.69, 9.17) is 23.2 Å². The number of rotatable bonds is 4. The maximum absolute atomic E-state index is 12.8. The van der Waals surface area contributed by atoms with E-state index < -0.39 is 5.91 Å². The zero-order valence-corrected chi connectivity index (χ0v) is 16.2. The standard InChI is InChI=1S/C20H12Cl2N6O/c21-13-6-7-15(16(22)8-13)17-9-18(27-26-17)20(29)25-19-12(10-23)11-24-28(19)14-4-2-1-3-5-14/h1-9,11H,(H,25,29)(H,26,27). The lowest BCUT2D eigenvalue weighted by atomic mass is 10.1. The number of amides is 1. The van der Waals surface area contributed by atoms with E-state index >= 15 is 0 Å². The van der Waals surface area contributed by atoms with Crippen molar-refractivity contribution < 1.29 is 4.79 Å². The molecule has 2 N–H and O–H groups in total. The van der Waals surface area contributed by atoms with Gasteiger partial charge in [0.25, 0.3) is 5.91 Å². The Morgan fingerprint density at radius 3 is 2.66 bits per heavy atom. The smallest absolute Gasteiger partial charge is 0.274 e. The molecular weight excluding hydrogens is 411 g/mol. The zero-order valence-electron chi connectivity index (χ0n) is 14.7. The molecule has 29 heavy (non-hydrogen) atoms. The normalized spacial score (nSPS) is 10.5. The molecule has 2 aromatic heterocycles. The maximum Gasteiger partial charge on any atom is 0.274 e. The van der Waals surface area contributed by atoms with E-state index in [-0.39, 0.29) is 17.1 Å². The van der Waals surface area contributed by atoms with Crippen LogP contribution in [0.15, 0.2) is 60.8 Å². The van der Waals surface area contributed by atoms with E-state index in [1.807, 2.05) is 36.4 Å². The van der Waals surface area contributed by atoms with Crippen LogP contribution in [0.5, 0.6) is 0 Å². The van der Waals surface area contributed by atoms with Crippen molar-refractivity contribution in [1.29, 1.82) is 5.26 Å².